The number of nitrogens with zero attached hydrogens (tertiary/aromatic N) is 1. The summed E-state index contributed by atoms with van der Waals surface area (Å²) >= 11 is 0. The van der Waals surface area contributed by atoms with Crippen LogP contribution in [0.3, 0.4) is 0 Å². The molecule has 0 aromatic heterocycles. The van der Waals surface area contributed by atoms with E-state index in [-0.39, 0.29) is 4.31 Å². The summed E-state index contributed by atoms with van der Waals surface area (Å²) in [5.41, 5.74) is -0.553. The number of aliphatic hydroxyl groups is 1. The Morgan fingerprint density at radius 1 is 1.33 bits per heavy atom. The van der Waals surface area contributed by atoms with Gasteiger partial charge >= 0.3 is 0 Å². The molecule has 1 aromatic rings. The minimum atomic E-state index is -4.62. The summed E-state index contributed by atoms with van der Waals surface area (Å²) in [6, 6.07) is 0.960. The van der Waals surface area contributed by atoms with Crippen LogP contribution in [0.25, 0.3) is 0 Å². The van der Waals surface area contributed by atoms with E-state index in [4.69, 9.17) is 5.11 Å². The summed E-state index contributed by atoms with van der Waals surface area (Å²) in [5, 5.41) is 8.57. The molecule has 0 fully saturated rings. The van der Waals surface area contributed by atoms with Crippen LogP contribution >= 0.6 is 0 Å². The van der Waals surface area contributed by atoms with E-state index in [2.05, 4.69) is 11.8 Å². The minimum Gasteiger partial charge on any atom is -0.384 e. The van der Waals surface area contributed by atoms with Crippen LogP contribution in [-0.2, 0) is 10.0 Å². The SMILES string of the molecule is CN(CC(F)F)S(=O)(=O)c1c(F)cc(F)cc1C#CCO. The topological polar surface area (TPSA) is 57.6 Å². The number of halogens is 4. The Kier molecular flexibility index (Phi) is 5.71. The van der Waals surface area contributed by atoms with Gasteiger partial charge in [0.05, 0.1) is 12.1 Å². The normalized spacial score (nSPS) is 11.6. The molecule has 1 rings (SSSR count). The van der Waals surface area contributed by atoms with Gasteiger partial charge in [0.1, 0.15) is 23.1 Å². The molecular formula is C12H11F4NO3S. The summed E-state index contributed by atoms with van der Waals surface area (Å²) in [7, 11) is -3.77. The van der Waals surface area contributed by atoms with Gasteiger partial charge in [0.15, 0.2) is 0 Å². The zero-order valence-electron chi connectivity index (χ0n) is 10.8. The van der Waals surface area contributed by atoms with Crippen LogP contribution in [-0.4, -0.2) is 44.5 Å². The van der Waals surface area contributed by atoms with Gasteiger partial charge in [-0.05, 0) is 6.07 Å². The molecule has 0 unspecified atom stereocenters. The molecule has 1 aromatic carbocycles. The molecule has 21 heavy (non-hydrogen) atoms. The molecule has 0 atom stereocenters. The van der Waals surface area contributed by atoms with Crippen molar-refractivity contribution in [3.8, 4) is 11.8 Å². The van der Waals surface area contributed by atoms with Crippen molar-refractivity contribution in [2.75, 3.05) is 20.2 Å². The molecule has 0 saturated carbocycles. The Balaban J connectivity index is 3.47. The van der Waals surface area contributed by atoms with Crippen molar-refractivity contribution < 1.29 is 31.1 Å². The van der Waals surface area contributed by atoms with Crippen LogP contribution in [0.1, 0.15) is 5.56 Å². The van der Waals surface area contributed by atoms with Gasteiger partial charge in [-0.25, -0.2) is 26.0 Å². The molecule has 0 aliphatic heterocycles. The first-order chi connectivity index (χ1) is 9.70. The zero-order chi connectivity index (χ0) is 16.2. The number of benzene rings is 1. The van der Waals surface area contributed by atoms with Crippen LogP contribution in [0.15, 0.2) is 17.0 Å². The fourth-order valence-corrected chi connectivity index (χ4v) is 2.81. The molecule has 0 saturated heterocycles. The van der Waals surface area contributed by atoms with Crippen molar-refractivity contribution in [3.63, 3.8) is 0 Å². The predicted molar refractivity (Wildman–Crippen MR) is 66.1 cm³/mol. The monoisotopic (exact) mass is 325 g/mol. The lowest BCUT2D eigenvalue weighted by Crippen LogP contribution is -2.32. The molecule has 0 spiro atoms. The second-order valence-corrected chi connectivity index (χ2v) is 5.88. The van der Waals surface area contributed by atoms with Gasteiger partial charge in [-0.2, -0.15) is 4.31 Å². The molecule has 0 amide bonds. The van der Waals surface area contributed by atoms with Gasteiger partial charge in [0.2, 0.25) is 10.0 Å². The van der Waals surface area contributed by atoms with Crippen molar-refractivity contribution in [3.05, 3.63) is 29.3 Å². The third kappa shape index (κ3) is 4.17. The van der Waals surface area contributed by atoms with Gasteiger partial charge in [0.25, 0.3) is 6.43 Å². The second-order valence-electron chi connectivity index (χ2n) is 3.90. The van der Waals surface area contributed by atoms with Crippen molar-refractivity contribution in [2.24, 2.45) is 0 Å². The molecular weight excluding hydrogens is 314 g/mol. The van der Waals surface area contributed by atoms with E-state index in [1.165, 1.54) is 0 Å². The van der Waals surface area contributed by atoms with E-state index in [0.717, 1.165) is 7.05 Å². The number of rotatable bonds is 4. The zero-order valence-corrected chi connectivity index (χ0v) is 11.6. The first-order valence-electron chi connectivity index (χ1n) is 5.53. The van der Waals surface area contributed by atoms with E-state index in [1.807, 2.05) is 0 Å². The van der Waals surface area contributed by atoms with Gasteiger partial charge in [-0.15, -0.1) is 0 Å². The highest BCUT2D eigenvalue weighted by atomic mass is 32.2. The number of hydrogen-bond acceptors (Lipinski definition) is 3. The molecule has 4 nitrogen and oxygen atoms in total. The number of hydrogen-bond donors (Lipinski definition) is 1. The summed E-state index contributed by atoms with van der Waals surface area (Å²) in [6.45, 7) is -1.81. The molecule has 0 radical (unpaired) electrons. The maximum atomic E-state index is 13.8. The lowest BCUT2D eigenvalue weighted by atomic mass is 10.2. The summed E-state index contributed by atoms with van der Waals surface area (Å²) in [6.07, 6.45) is -2.96. The highest BCUT2D eigenvalue weighted by molar-refractivity contribution is 7.89. The smallest absolute Gasteiger partial charge is 0.252 e. The lowest BCUT2D eigenvalue weighted by molar-refractivity contribution is 0.126. The van der Waals surface area contributed by atoms with Crippen LogP contribution in [0.2, 0.25) is 0 Å². The van der Waals surface area contributed by atoms with Gasteiger partial charge in [-0.3, -0.25) is 0 Å². The second kappa shape index (κ2) is 6.89. The maximum absolute atomic E-state index is 13.8. The Morgan fingerprint density at radius 3 is 2.48 bits per heavy atom. The molecule has 0 aliphatic carbocycles. The third-order valence-electron chi connectivity index (χ3n) is 2.37. The van der Waals surface area contributed by atoms with Crippen LogP contribution in [0.5, 0.6) is 0 Å². The van der Waals surface area contributed by atoms with E-state index >= 15 is 0 Å². The average Bonchev–Trinajstić information content (AvgIpc) is 2.34. The minimum absolute atomic E-state index is 0.248. The largest absolute Gasteiger partial charge is 0.384 e. The average molecular weight is 325 g/mol. The number of alkyl halides is 2. The van der Waals surface area contributed by atoms with E-state index < -0.39 is 51.7 Å². The predicted octanol–water partition coefficient (Wildman–Crippen LogP) is 1.19. The Bertz CT molecular complexity index is 680. The quantitative estimate of drug-likeness (QED) is 0.668. The molecule has 116 valence electrons. The number of sulfonamides is 1. The van der Waals surface area contributed by atoms with E-state index in [1.54, 1.807) is 0 Å². The van der Waals surface area contributed by atoms with Crippen molar-refractivity contribution in [1.82, 2.24) is 4.31 Å². The Labute approximate surface area is 119 Å². The first kappa shape index (κ1) is 17.4. The highest BCUT2D eigenvalue weighted by Gasteiger charge is 2.29. The lowest BCUT2D eigenvalue weighted by Gasteiger charge is -2.18. The molecule has 0 aliphatic rings. The number of aliphatic hydroxyl groups excluding tert-OH is 1. The van der Waals surface area contributed by atoms with Crippen molar-refractivity contribution >= 4 is 10.0 Å². The highest BCUT2D eigenvalue weighted by Crippen LogP contribution is 2.24. The summed E-state index contributed by atoms with van der Waals surface area (Å²) in [4.78, 5) is -1.01. The molecule has 1 N–H and O–H groups in total. The molecule has 0 heterocycles. The molecule has 0 bridgehead atoms. The Morgan fingerprint density at radius 2 is 1.95 bits per heavy atom. The molecule has 9 heteroatoms. The van der Waals surface area contributed by atoms with Crippen LogP contribution in [0, 0.1) is 23.5 Å². The fourth-order valence-electron chi connectivity index (χ4n) is 1.50. The fraction of sp³-hybridized carbons (Fsp3) is 0.333. The van der Waals surface area contributed by atoms with Crippen molar-refractivity contribution in [1.29, 1.82) is 0 Å². The van der Waals surface area contributed by atoms with Crippen molar-refractivity contribution in [2.45, 2.75) is 11.3 Å². The summed E-state index contributed by atoms with van der Waals surface area (Å²) < 4.78 is 75.9. The Hall–Kier alpha value is -1.63. The maximum Gasteiger partial charge on any atom is 0.252 e. The van der Waals surface area contributed by atoms with Crippen LogP contribution in [0.4, 0.5) is 17.6 Å². The first-order valence-corrected chi connectivity index (χ1v) is 6.97. The van der Waals surface area contributed by atoms with E-state index in [9.17, 15) is 26.0 Å². The van der Waals surface area contributed by atoms with Gasteiger partial charge in [-0.1, -0.05) is 11.8 Å². The third-order valence-corrected chi connectivity index (χ3v) is 4.27. The van der Waals surface area contributed by atoms with E-state index in [0.29, 0.717) is 12.1 Å². The van der Waals surface area contributed by atoms with Gasteiger partial charge < -0.3 is 5.11 Å². The summed E-state index contributed by atoms with van der Waals surface area (Å²) in [5.74, 6) is 1.61. The van der Waals surface area contributed by atoms with Gasteiger partial charge in [0, 0.05) is 13.1 Å². The van der Waals surface area contributed by atoms with Crippen LogP contribution < -0.4 is 0 Å². The standard InChI is InChI=1S/C12H11F4NO3S/c1-17(7-11(15)16)21(19,20)12-8(3-2-4-18)5-9(13)6-10(12)14/h5-6,11,18H,4,7H2,1H3.